The van der Waals surface area contributed by atoms with E-state index in [1.165, 1.54) is 13.1 Å². The lowest BCUT2D eigenvalue weighted by molar-refractivity contribution is -0.119. The van der Waals surface area contributed by atoms with Gasteiger partial charge in [-0.2, -0.15) is 4.98 Å². The van der Waals surface area contributed by atoms with Gasteiger partial charge in [0.1, 0.15) is 17.8 Å². The van der Waals surface area contributed by atoms with Crippen LogP contribution in [0.4, 0.5) is 0 Å². The van der Waals surface area contributed by atoms with Crippen molar-refractivity contribution in [3.63, 3.8) is 0 Å². The second-order valence-electron chi connectivity index (χ2n) is 10.1. The first-order valence-electron chi connectivity index (χ1n) is 12.4. The van der Waals surface area contributed by atoms with Crippen LogP contribution in [0.3, 0.4) is 0 Å². The SMILES string of the molecule is Cc1ccn(C2OC(COP(=O)(NCc3ccccc3)OCCSC(=O)C(C)(C)CO)C(O)C2(C)O)c(=O)n1. The van der Waals surface area contributed by atoms with Gasteiger partial charge in [-0.05, 0) is 39.3 Å². The molecule has 0 saturated carbocycles. The van der Waals surface area contributed by atoms with Crippen LogP contribution in [0, 0.1) is 12.3 Å². The second-order valence-corrected chi connectivity index (χ2v) is 13.0. The smallest absolute Gasteiger partial charge is 0.395 e. The number of thioether (sulfide) groups is 1. The lowest BCUT2D eigenvalue weighted by atomic mass is 9.96. The van der Waals surface area contributed by atoms with E-state index in [-0.39, 0.29) is 30.6 Å². The number of carbonyl (C=O) groups excluding carboxylic acids is 1. The zero-order valence-electron chi connectivity index (χ0n) is 22.4. The molecule has 5 atom stereocenters. The summed E-state index contributed by atoms with van der Waals surface area (Å²) in [7, 11) is -4.00. The number of aryl methyl sites for hydroxylation is 1. The Morgan fingerprint density at radius 2 is 1.97 bits per heavy atom. The number of aliphatic hydroxyl groups is 3. The van der Waals surface area contributed by atoms with Gasteiger partial charge in [0, 0.05) is 24.2 Å². The molecule has 1 fully saturated rings. The van der Waals surface area contributed by atoms with Crippen LogP contribution >= 0.6 is 19.5 Å². The number of carbonyl (C=O) groups is 1. The van der Waals surface area contributed by atoms with Crippen LogP contribution in [-0.2, 0) is 29.7 Å². The fourth-order valence-electron chi connectivity index (χ4n) is 3.69. The molecule has 3 rings (SSSR count). The van der Waals surface area contributed by atoms with E-state index < -0.39 is 49.5 Å². The lowest BCUT2D eigenvalue weighted by Crippen LogP contribution is -2.46. The summed E-state index contributed by atoms with van der Waals surface area (Å²) in [6, 6.07) is 10.7. The van der Waals surface area contributed by atoms with Crippen LogP contribution < -0.4 is 10.8 Å². The highest BCUT2D eigenvalue weighted by Gasteiger charge is 2.54. The summed E-state index contributed by atoms with van der Waals surface area (Å²) in [5.41, 5.74) is -2.17. The van der Waals surface area contributed by atoms with Gasteiger partial charge in [-0.25, -0.2) is 14.4 Å². The van der Waals surface area contributed by atoms with Crippen molar-refractivity contribution >= 4 is 24.6 Å². The number of rotatable bonds is 13. The molecule has 2 aromatic rings. The van der Waals surface area contributed by atoms with Crippen LogP contribution in [-0.4, -0.2) is 73.4 Å². The fraction of sp³-hybridized carbons (Fsp3) is 0.560. The molecule has 39 heavy (non-hydrogen) atoms. The number of nitrogens with one attached hydrogen (secondary N) is 1. The second kappa shape index (κ2) is 13.2. The maximum absolute atomic E-state index is 13.6. The van der Waals surface area contributed by atoms with E-state index in [4.69, 9.17) is 13.8 Å². The topological polar surface area (TPSA) is 169 Å². The van der Waals surface area contributed by atoms with E-state index in [1.807, 2.05) is 30.3 Å². The number of hydrogen-bond acceptors (Lipinski definition) is 11. The molecule has 2 heterocycles. The zero-order chi connectivity index (χ0) is 28.8. The van der Waals surface area contributed by atoms with Crippen LogP contribution in [0.15, 0.2) is 47.4 Å². The maximum Gasteiger partial charge on any atom is 0.405 e. The van der Waals surface area contributed by atoms with Gasteiger partial charge in [0.2, 0.25) is 0 Å². The van der Waals surface area contributed by atoms with Gasteiger partial charge in [0.15, 0.2) is 11.3 Å². The highest BCUT2D eigenvalue weighted by molar-refractivity contribution is 8.13. The Kier molecular flexibility index (Phi) is 10.7. The standard InChI is InChI=1S/C25H36N3O9PS/c1-17-10-11-28(23(32)27-17)21-25(4,33)20(30)19(37-21)15-36-38(34,26-14-18-8-6-5-7-9-18)35-12-13-39-22(31)24(2,3)16-29/h5-11,19-21,29-30,33H,12-16H2,1-4H3,(H,26,34). The normalized spacial score (nSPS) is 24.9. The Balaban J connectivity index is 1.68. The maximum atomic E-state index is 13.6. The van der Waals surface area contributed by atoms with Gasteiger partial charge in [-0.1, -0.05) is 42.1 Å². The molecule has 0 amide bonds. The fourth-order valence-corrected chi connectivity index (χ4v) is 5.93. The highest BCUT2D eigenvalue weighted by atomic mass is 32.2. The average Bonchev–Trinajstić information content (AvgIpc) is 3.13. The van der Waals surface area contributed by atoms with Gasteiger partial charge in [0.05, 0.1) is 25.2 Å². The molecular formula is C25H36N3O9PS. The molecule has 0 bridgehead atoms. The molecular weight excluding hydrogens is 549 g/mol. The average molecular weight is 586 g/mol. The van der Waals surface area contributed by atoms with Gasteiger partial charge in [0.25, 0.3) is 0 Å². The summed E-state index contributed by atoms with van der Waals surface area (Å²) < 4.78 is 31.6. The summed E-state index contributed by atoms with van der Waals surface area (Å²) in [4.78, 5) is 28.5. The van der Waals surface area contributed by atoms with E-state index in [0.29, 0.717) is 5.69 Å². The van der Waals surface area contributed by atoms with Crippen molar-refractivity contribution in [3.05, 3.63) is 64.3 Å². The van der Waals surface area contributed by atoms with Crippen LogP contribution in [0.1, 0.15) is 38.3 Å². The molecule has 216 valence electrons. The number of hydrogen-bond donors (Lipinski definition) is 4. The molecule has 1 aliphatic heterocycles. The van der Waals surface area contributed by atoms with E-state index in [1.54, 1.807) is 26.8 Å². The van der Waals surface area contributed by atoms with Crippen molar-refractivity contribution in [1.82, 2.24) is 14.6 Å². The molecule has 0 radical (unpaired) electrons. The summed E-state index contributed by atoms with van der Waals surface area (Å²) in [6.07, 6.45) is -2.51. The van der Waals surface area contributed by atoms with Crippen LogP contribution in [0.25, 0.3) is 0 Å². The van der Waals surface area contributed by atoms with Gasteiger partial charge in [-0.15, -0.1) is 0 Å². The number of aliphatic hydroxyl groups excluding tert-OH is 2. The summed E-state index contributed by atoms with van der Waals surface area (Å²) in [6.45, 7) is 5.48. The molecule has 4 N–H and O–H groups in total. The van der Waals surface area contributed by atoms with Crippen molar-refractivity contribution in [2.45, 2.75) is 58.3 Å². The third-order valence-corrected chi connectivity index (χ3v) is 8.97. The quantitative estimate of drug-likeness (QED) is 0.199. The van der Waals surface area contributed by atoms with E-state index in [2.05, 4.69) is 10.1 Å². The monoisotopic (exact) mass is 585 g/mol. The van der Waals surface area contributed by atoms with Crippen molar-refractivity contribution in [3.8, 4) is 0 Å². The van der Waals surface area contributed by atoms with E-state index in [0.717, 1.165) is 21.9 Å². The molecule has 1 aromatic carbocycles. The predicted octanol–water partition coefficient (Wildman–Crippen LogP) is 1.77. The Labute approximate surface area is 231 Å². The number of nitrogens with zero attached hydrogens (tertiary/aromatic N) is 2. The third kappa shape index (κ3) is 8.06. The first-order chi connectivity index (χ1) is 18.3. The molecule has 5 unspecified atom stereocenters. The van der Waals surface area contributed by atoms with Gasteiger partial charge in [-0.3, -0.25) is 18.4 Å². The number of benzene rings is 1. The molecule has 12 nitrogen and oxygen atoms in total. The van der Waals surface area contributed by atoms with Crippen molar-refractivity contribution in [1.29, 1.82) is 0 Å². The van der Waals surface area contributed by atoms with Crippen molar-refractivity contribution in [2.75, 3.05) is 25.6 Å². The van der Waals surface area contributed by atoms with E-state index >= 15 is 0 Å². The third-order valence-electron chi connectivity index (χ3n) is 6.23. The zero-order valence-corrected chi connectivity index (χ0v) is 24.1. The minimum atomic E-state index is -4.00. The first kappa shape index (κ1) is 31.6. The van der Waals surface area contributed by atoms with Gasteiger partial charge < -0.3 is 20.1 Å². The number of aromatic nitrogens is 2. The van der Waals surface area contributed by atoms with Crippen LogP contribution in [0.5, 0.6) is 0 Å². The lowest BCUT2D eigenvalue weighted by Gasteiger charge is -2.27. The summed E-state index contributed by atoms with van der Waals surface area (Å²) >= 11 is 0.942. The van der Waals surface area contributed by atoms with Gasteiger partial charge >= 0.3 is 13.4 Å². The Morgan fingerprint density at radius 3 is 2.62 bits per heavy atom. The Morgan fingerprint density at radius 1 is 1.28 bits per heavy atom. The van der Waals surface area contributed by atoms with E-state index in [9.17, 15) is 29.5 Å². The predicted molar refractivity (Wildman–Crippen MR) is 145 cm³/mol. The summed E-state index contributed by atoms with van der Waals surface area (Å²) in [5, 5.41) is 33.6. The van der Waals surface area contributed by atoms with Crippen molar-refractivity contribution in [2.24, 2.45) is 5.41 Å². The molecule has 1 saturated heterocycles. The summed E-state index contributed by atoms with van der Waals surface area (Å²) in [5.74, 6) is 0.158. The molecule has 0 spiro atoms. The molecule has 1 aliphatic rings. The van der Waals surface area contributed by atoms with Crippen molar-refractivity contribution < 1.29 is 38.5 Å². The molecule has 14 heteroatoms. The minimum absolute atomic E-state index is 0.115. The highest BCUT2D eigenvalue weighted by Crippen LogP contribution is 2.46. The Hall–Kier alpha value is -1.93. The number of ether oxygens (including phenoxy) is 1. The Bertz CT molecular complexity index is 1220. The van der Waals surface area contributed by atoms with Crippen LogP contribution in [0.2, 0.25) is 0 Å². The largest absolute Gasteiger partial charge is 0.405 e. The molecule has 1 aromatic heterocycles. The molecule has 0 aliphatic carbocycles. The minimum Gasteiger partial charge on any atom is -0.395 e. The first-order valence-corrected chi connectivity index (χ1v) is 14.9.